The fourth-order valence-corrected chi connectivity index (χ4v) is 3.72. The summed E-state index contributed by atoms with van der Waals surface area (Å²) in [7, 11) is 1.80. The zero-order valence-corrected chi connectivity index (χ0v) is 16.5. The lowest BCUT2D eigenvalue weighted by molar-refractivity contribution is -0.124. The molecule has 1 aliphatic rings. The maximum atomic E-state index is 12.3. The van der Waals surface area contributed by atoms with Gasteiger partial charge in [-0.05, 0) is 43.4 Å². The Labute approximate surface area is 157 Å². The quantitative estimate of drug-likeness (QED) is 0.786. The summed E-state index contributed by atoms with van der Waals surface area (Å²) in [6, 6.07) is 8.06. The van der Waals surface area contributed by atoms with Crippen LogP contribution in [0.3, 0.4) is 0 Å². The molecule has 3 atom stereocenters. The van der Waals surface area contributed by atoms with Crippen molar-refractivity contribution in [2.24, 2.45) is 11.8 Å². The third kappa shape index (κ3) is 5.84. The average molecular weight is 360 g/mol. The first-order valence-corrected chi connectivity index (χ1v) is 9.76. The Kier molecular flexibility index (Phi) is 7.64. The van der Waals surface area contributed by atoms with Crippen molar-refractivity contribution in [1.82, 2.24) is 10.2 Å². The first kappa shape index (κ1) is 20.4. The largest absolute Gasteiger partial charge is 0.352 e. The van der Waals surface area contributed by atoms with Crippen LogP contribution >= 0.6 is 0 Å². The molecule has 0 bridgehead atoms. The number of nitrogens with zero attached hydrogens (tertiary/aromatic N) is 1. The van der Waals surface area contributed by atoms with Crippen LogP contribution < -0.4 is 10.6 Å². The van der Waals surface area contributed by atoms with E-state index in [1.807, 2.05) is 24.3 Å². The van der Waals surface area contributed by atoms with E-state index in [4.69, 9.17) is 0 Å². The Hall–Kier alpha value is -1.88. The number of nitrogens with one attached hydrogen (secondary N) is 2. The number of rotatable bonds is 7. The Morgan fingerprint density at radius 3 is 2.54 bits per heavy atom. The van der Waals surface area contributed by atoms with Gasteiger partial charge < -0.3 is 10.6 Å². The van der Waals surface area contributed by atoms with Crippen molar-refractivity contribution in [1.29, 1.82) is 0 Å². The second-order valence-corrected chi connectivity index (χ2v) is 7.67. The van der Waals surface area contributed by atoms with Crippen molar-refractivity contribution >= 4 is 17.5 Å². The number of carbonyl (C=O) groups is 2. The van der Waals surface area contributed by atoms with E-state index in [0.29, 0.717) is 11.8 Å². The summed E-state index contributed by atoms with van der Waals surface area (Å²) in [5, 5.41) is 6.11. The molecule has 2 rings (SSSR count). The predicted octanol–water partition coefficient (Wildman–Crippen LogP) is 3.06. The SMILES string of the molecule is CCc1ccccc1NC(=O)CN(C)CC(=O)N[C@@H]1CCC[C@H](C)[C@@H]1C. The molecule has 0 unspecified atom stereocenters. The van der Waals surface area contributed by atoms with Crippen LogP contribution in [0.25, 0.3) is 0 Å². The summed E-state index contributed by atoms with van der Waals surface area (Å²) >= 11 is 0. The van der Waals surface area contributed by atoms with E-state index in [0.717, 1.165) is 24.1 Å². The van der Waals surface area contributed by atoms with E-state index in [1.165, 1.54) is 12.8 Å². The van der Waals surface area contributed by atoms with Gasteiger partial charge in [-0.25, -0.2) is 0 Å². The first-order chi connectivity index (χ1) is 12.4. The molecule has 1 fully saturated rings. The second kappa shape index (κ2) is 9.72. The summed E-state index contributed by atoms with van der Waals surface area (Å²) < 4.78 is 0. The highest BCUT2D eigenvalue weighted by atomic mass is 16.2. The van der Waals surface area contributed by atoms with E-state index in [-0.39, 0.29) is 30.9 Å². The second-order valence-electron chi connectivity index (χ2n) is 7.67. The maximum Gasteiger partial charge on any atom is 0.238 e. The molecule has 2 amide bonds. The number of anilines is 1. The lowest BCUT2D eigenvalue weighted by Gasteiger charge is -2.34. The Morgan fingerprint density at radius 2 is 1.81 bits per heavy atom. The summed E-state index contributed by atoms with van der Waals surface area (Å²) in [5.74, 6) is 1.06. The highest BCUT2D eigenvalue weighted by Gasteiger charge is 2.28. The first-order valence-electron chi connectivity index (χ1n) is 9.76. The fraction of sp³-hybridized carbons (Fsp3) is 0.619. The van der Waals surface area contributed by atoms with Crippen molar-refractivity contribution in [2.45, 2.75) is 52.5 Å². The Balaban J connectivity index is 1.79. The van der Waals surface area contributed by atoms with E-state index in [1.54, 1.807) is 11.9 Å². The molecule has 5 nitrogen and oxygen atoms in total. The van der Waals surface area contributed by atoms with Crippen molar-refractivity contribution in [2.75, 3.05) is 25.5 Å². The molecule has 26 heavy (non-hydrogen) atoms. The smallest absolute Gasteiger partial charge is 0.238 e. The minimum atomic E-state index is -0.0964. The van der Waals surface area contributed by atoms with Gasteiger partial charge in [-0.1, -0.05) is 51.8 Å². The van der Waals surface area contributed by atoms with Gasteiger partial charge in [-0.15, -0.1) is 0 Å². The van der Waals surface area contributed by atoms with Crippen LogP contribution in [0.5, 0.6) is 0 Å². The van der Waals surface area contributed by atoms with Gasteiger partial charge in [0.1, 0.15) is 0 Å². The monoisotopic (exact) mass is 359 g/mol. The van der Waals surface area contributed by atoms with E-state index in [9.17, 15) is 9.59 Å². The molecular weight excluding hydrogens is 326 g/mol. The number of para-hydroxylation sites is 1. The minimum absolute atomic E-state index is 0.000193. The Morgan fingerprint density at radius 1 is 1.12 bits per heavy atom. The molecule has 1 aliphatic carbocycles. The van der Waals surface area contributed by atoms with E-state index in [2.05, 4.69) is 31.4 Å². The molecule has 144 valence electrons. The number of hydrogen-bond acceptors (Lipinski definition) is 3. The van der Waals surface area contributed by atoms with Gasteiger partial charge in [-0.2, -0.15) is 0 Å². The van der Waals surface area contributed by atoms with E-state index < -0.39 is 0 Å². The molecule has 1 saturated carbocycles. The standard InChI is InChI=1S/C21H33N3O2/c1-5-17-10-6-7-11-19(17)23-21(26)14-24(4)13-20(25)22-18-12-8-9-15(2)16(18)3/h6-7,10-11,15-16,18H,5,8-9,12-14H2,1-4H3,(H,22,25)(H,23,26)/t15-,16-,18+/m0/s1. The molecule has 1 aromatic rings. The van der Waals surface area contributed by atoms with Gasteiger partial charge in [-0.3, -0.25) is 14.5 Å². The number of likely N-dealkylation sites (N-methyl/N-ethyl adjacent to an activating group) is 1. The topological polar surface area (TPSA) is 61.4 Å². The van der Waals surface area contributed by atoms with Crippen molar-refractivity contribution in [3.63, 3.8) is 0 Å². The summed E-state index contributed by atoms with van der Waals surface area (Å²) in [4.78, 5) is 26.4. The number of hydrogen-bond donors (Lipinski definition) is 2. The average Bonchev–Trinajstić information content (AvgIpc) is 2.59. The van der Waals surface area contributed by atoms with Crippen LogP contribution in [0.15, 0.2) is 24.3 Å². The molecular formula is C21H33N3O2. The molecule has 0 radical (unpaired) electrons. The third-order valence-electron chi connectivity index (χ3n) is 5.55. The molecule has 0 heterocycles. The predicted molar refractivity (Wildman–Crippen MR) is 106 cm³/mol. The molecule has 1 aromatic carbocycles. The minimum Gasteiger partial charge on any atom is -0.352 e. The van der Waals surface area contributed by atoms with E-state index >= 15 is 0 Å². The molecule has 5 heteroatoms. The van der Waals surface area contributed by atoms with Gasteiger partial charge >= 0.3 is 0 Å². The van der Waals surface area contributed by atoms with Crippen LogP contribution in [-0.4, -0.2) is 42.9 Å². The van der Waals surface area contributed by atoms with Crippen LogP contribution in [0.4, 0.5) is 5.69 Å². The third-order valence-corrected chi connectivity index (χ3v) is 5.55. The molecule has 0 spiro atoms. The maximum absolute atomic E-state index is 12.3. The van der Waals surface area contributed by atoms with Crippen molar-refractivity contribution in [3.05, 3.63) is 29.8 Å². The van der Waals surface area contributed by atoms with Gasteiger partial charge in [0.15, 0.2) is 0 Å². The van der Waals surface area contributed by atoms with Crippen LogP contribution in [0.2, 0.25) is 0 Å². The van der Waals surface area contributed by atoms with Crippen molar-refractivity contribution in [3.8, 4) is 0 Å². The van der Waals surface area contributed by atoms with Crippen LogP contribution in [0, 0.1) is 11.8 Å². The zero-order chi connectivity index (χ0) is 19.1. The van der Waals surface area contributed by atoms with Gasteiger partial charge in [0, 0.05) is 11.7 Å². The molecule has 0 aromatic heterocycles. The summed E-state index contributed by atoms with van der Waals surface area (Å²) in [6.45, 7) is 6.97. The normalized spacial score (nSPS) is 22.9. The van der Waals surface area contributed by atoms with Crippen LogP contribution in [0.1, 0.15) is 45.6 Å². The Bertz CT molecular complexity index is 617. The molecule has 2 N–H and O–H groups in total. The fourth-order valence-electron chi connectivity index (χ4n) is 3.72. The lowest BCUT2D eigenvalue weighted by atomic mass is 9.78. The number of benzene rings is 1. The van der Waals surface area contributed by atoms with Crippen molar-refractivity contribution < 1.29 is 9.59 Å². The number of aryl methyl sites for hydroxylation is 1. The molecule has 0 aliphatic heterocycles. The summed E-state index contributed by atoms with van der Waals surface area (Å²) in [6.07, 6.45) is 4.33. The highest BCUT2D eigenvalue weighted by molar-refractivity contribution is 5.93. The van der Waals surface area contributed by atoms with Gasteiger partial charge in [0.2, 0.25) is 11.8 Å². The molecule has 0 saturated heterocycles. The highest BCUT2D eigenvalue weighted by Crippen LogP contribution is 2.29. The summed E-state index contributed by atoms with van der Waals surface area (Å²) in [5.41, 5.74) is 1.96. The lowest BCUT2D eigenvalue weighted by Crippen LogP contribution is -2.47. The zero-order valence-electron chi connectivity index (χ0n) is 16.5. The van der Waals surface area contributed by atoms with Gasteiger partial charge in [0.05, 0.1) is 13.1 Å². The number of amides is 2. The number of carbonyl (C=O) groups excluding carboxylic acids is 2. The van der Waals surface area contributed by atoms with Crippen LogP contribution in [-0.2, 0) is 16.0 Å². The van der Waals surface area contributed by atoms with Gasteiger partial charge in [0.25, 0.3) is 0 Å².